The van der Waals surface area contributed by atoms with E-state index in [1.165, 1.54) is 37.9 Å². The Kier molecular flexibility index (Phi) is 4.82. The number of rotatable bonds is 4. The van der Waals surface area contributed by atoms with Gasteiger partial charge in [0.2, 0.25) is 0 Å². The van der Waals surface area contributed by atoms with Crippen LogP contribution in [-0.2, 0) is 12.8 Å². The number of nitrogens with one attached hydrogen (secondary N) is 1. The lowest BCUT2D eigenvalue weighted by Gasteiger charge is -2.24. The zero-order valence-corrected chi connectivity index (χ0v) is 12.1. The first-order valence-corrected chi connectivity index (χ1v) is 7.53. The fraction of sp³-hybridized carbons (Fsp3) is 0.647. The summed E-state index contributed by atoms with van der Waals surface area (Å²) in [5.41, 5.74) is 4.66. The first-order chi connectivity index (χ1) is 8.70. The predicted molar refractivity (Wildman–Crippen MR) is 79.2 cm³/mol. The second-order valence-corrected chi connectivity index (χ2v) is 5.94. The number of hydrogen-bond acceptors (Lipinski definition) is 1. The van der Waals surface area contributed by atoms with Crippen molar-refractivity contribution in [2.24, 2.45) is 5.92 Å². The standard InChI is InChI=1S/C17H27N/c1-4-14-5-6-17(13(2)3)16(11-14)12-15-7-9-18-10-8-15/h5-6,11,13,15,18H,4,7-10,12H2,1-3H3. The van der Waals surface area contributed by atoms with Gasteiger partial charge in [0.25, 0.3) is 0 Å². The van der Waals surface area contributed by atoms with Crippen LogP contribution in [0.2, 0.25) is 0 Å². The zero-order chi connectivity index (χ0) is 13.0. The second kappa shape index (κ2) is 6.38. The molecule has 100 valence electrons. The minimum atomic E-state index is 0.646. The Labute approximate surface area is 112 Å². The van der Waals surface area contributed by atoms with Crippen LogP contribution >= 0.6 is 0 Å². The number of benzene rings is 1. The summed E-state index contributed by atoms with van der Waals surface area (Å²) in [5, 5.41) is 3.46. The van der Waals surface area contributed by atoms with Crippen LogP contribution in [0.5, 0.6) is 0 Å². The zero-order valence-electron chi connectivity index (χ0n) is 12.1. The molecule has 0 radical (unpaired) electrons. The average molecular weight is 245 g/mol. The van der Waals surface area contributed by atoms with Crippen molar-refractivity contribution in [2.45, 2.75) is 52.4 Å². The van der Waals surface area contributed by atoms with Gasteiger partial charge in [0.1, 0.15) is 0 Å². The van der Waals surface area contributed by atoms with Crippen LogP contribution in [-0.4, -0.2) is 13.1 Å². The first kappa shape index (κ1) is 13.6. The van der Waals surface area contributed by atoms with Gasteiger partial charge in [0, 0.05) is 0 Å². The molecule has 0 aliphatic carbocycles. The van der Waals surface area contributed by atoms with Crippen LogP contribution in [0.4, 0.5) is 0 Å². The SMILES string of the molecule is CCc1ccc(C(C)C)c(CC2CCNCC2)c1. The summed E-state index contributed by atoms with van der Waals surface area (Å²) in [6.45, 7) is 9.28. The molecule has 2 rings (SSSR count). The molecule has 0 spiro atoms. The molecular formula is C17H27N. The van der Waals surface area contributed by atoms with E-state index >= 15 is 0 Å². The Bertz CT molecular complexity index is 375. The topological polar surface area (TPSA) is 12.0 Å². The molecule has 1 fully saturated rings. The van der Waals surface area contributed by atoms with E-state index in [1.807, 2.05) is 0 Å². The first-order valence-electron chi connectivity index (χ1n) is 7.53. The Balaban J connectivity index is 2.17. The van der Waals surface area contributed by atoms with E-state index in [0.29, 0.717) is 5.92 Å². The summed E-state index contributed by atoms with van der Waals surface area (Å²) >= 11 is 0. The quantitative estimate of drug-likeness (QED) is 0.848. The van der Waals surface area contributed by atoms with Gasteiger partial charge in [-0.25, -0.2) is 0 Å². The molecule has 18 heavy (non-hydrogen) atoms. The number of hydrogen-bond donors (Lipinski definition) is 1. The highest BCUT2D eigenvalue weighted by Crippen LogP contribution is 2.26. The summed E-state index contributed by atoms with van der Waals surface area (Å²) < 4.78 is 0. The largest absolute Gasteiger partial charge is 0.317 e. The molecule has 1 aliphatic heterocycles. The minimum Gasteiger partial charge on any atom is -0.317 e. The maximum Gasteiger partial charge on any atom is -0.00462 e. The number of aryl methyl sites for hydroxylation is 1. The van der Waals surface area contributed by atoms with E-state index in [9.17, 15) is 0 Å². The molecule has 0 saturated carbocycles. The van der Waals surface area contributed by atoms with Crippen molar-refractivity contribution in [1.82, 2.24) is 5.32 Å². The van der Waals surface area contributed by atoms with E-state index < -0.39 is 0 Å². The van der Waals surface area contributed by atoms with E-state index in [0.717, 1.165) is 12.3 Å². The second-order valence-electron chi connectivity index (χ2n) is 5.94. The van der Waals surface area contributed by atoms with Crippen LogP contribution in [0, 0.1) is 5.92 Å². The Hall–Kier alpha value is -0.820. The normalized spacial score (nSPS) is 17.3. The van der Waals surface area contributed by atoms with Crippen molar-refractivity contribution in [1.29, 1.82) is 0 Å². The Morgan fingerprint density at radius 1 is 1.22 bits per heavy atom. The van der Waals surface area contributed by atoms with Crippen LogP contribution in [0.25, 0.3) is 0 Å². The molecule has 0 bridgehead atoms. The van der Waals surface area contributed by atoms with Gasteiger partial charge in [0.15, 0.2) is 0 Å². The summed E-state index contributed by atoms with van der Waals surface area (Å²) in [6.07, 6.45) is 5.11. The number of piperidine rings is 1. The van der Waals surface area contributed by atoms with Gasteiger partial charge in [0.05, 0.1) is 0 Å². The third-order valence-electron chi connectivity index (χ3n) is 4.20. The summed E-state index contributed by atoms with van der Waals surface area (Å²) in [7, 11) is 0. The highest BCUT2D eigenvalue weighted by Gasteiger charge is 2.16. The molecule has 0 aromatic heterocycles. The maximum absolute atomic E-state index is 3.46. The molecule has 1 aromatic rings. The van der Waals surface area contributed by atoms with Crippen molar-refractivity contribution in [3.63, 3.8) is 0 Å². The van der Waals surface area contributed by atoms with Gasteiger partial charge in [-0.3, -0.25) is 0 Å². The Morgan fingerprint density at radius 3 is 2.56 bits per heavy atom. The fourth-order valence-corrected chi connectivity index (χ4v) is 3.02. The molecule has 1 heteroatoms. The molecular weight excluding hydrogens is 218 g/mol. The Morgan fingerprint density at radius 2 is 1.94 bits per heavy atom. The lowest BCUT2D eigenvalue weighted by atomic mass is 9.85. The highest BCUT2D eigenvalue weighted by atomic mass is 14.9. The van der Waals surface area contributed by atoms with Crippen molar-refractivity contribution in [3.8, 4) is 0 Å². The van der Waals surface area contributed by atoms with Gasteiger partial charge in [-0.1, -0.05) is 39.0 Å². The smallest absolute Gasteiger partial charge is 0.00462 e. The molecule has 1 N–H and O–H groups in total. The van der Waals surface area contributed by atoms with Crippen LogP contribution in [0.3, 0.4) is 0 Å². The third kappa shape index (κ3) is 3.35. The molecule has 1 aromatic carbocycles. The average Bonchev–Trinajstić information content (AvgIpc) is 2.39. The fourth-order valence-electron chi connectivity index (χ4n) is 3.02. The van der Waals surface area contributed by atoms with Crippen LogP contribution in [0.1, 0.15) is 56.2 Å². The summed E-state index contributed by atoms with van der Waals surface area (Å²) in [5.74, 6) is 1.53. The van der Waals surface area contributed by atoms with Gasteiger partial charge in [-0.2, -0.15) is 0 Å². The highest BCUT2D eigenvalue weighted by molar-refractivity contribution is 5.34. The summed E-state index contributed by atoms with van der Waals surface area (Å²) in [6, 6.07) is 7.12. The monoisotopic (exact) mass is 245 g/mol. The van der Waals surface area contributed by atoms with Gasteiger partial charge in [-0.05, 0) is 67.3 Å². The lowest BCUT2D eigenvalue weighted by Crippen LogP contribution is -2.28. The van der Waals surface area contributed by atoms with Crippen molar-refractivity contribution in [2.75, 3.05) is 13.1 Å². The van der Waals surface area contributed by atoms with Crippen molar-refractivity contribution in [3.05, 3.63) is 34.9 Å². The van der Waals surface area contributed by atoms with Gasteiger partial charge >= 0.3 is 0 Å². The van der Waals surface area contributed by atoms with E-state index in [-0.39, 0.29) is 0 Å². The predicted octanol–water partition coefficient (Wildman–Crippen LogP) is 3.91. The molecule has 1 aliphatic rings. The van der Waals surface area contributed by atoms with Gasteiger partial charge in [-0.15, -0.1) is 0 Å². The molecule has 1 heterocycles. The molecule has 1 nitrogen and oxygen atoms in total. The van der Waals surface area contributed by atoms with E-state index in [1.54, 1.807) is 11.1 Å². The lowest BCUT2D eigenvalue weighted by molar-refractivity contribution is 0.371. The van der Waals surface area contributed by atoms with Crippen molar-refractivity contribution >= 4 is 0 Å². The molecule has 0 amide bonds. The third-order valence-corrected chi connectivity index (χ3v) is 4.20. The summed E-state index contributed by atoms with van der Waals surface area (Å²) in [4.78, 5) is 0. The molecule has 1 saturated heterocycles. The van der Waals surface area contributed by atoms with Crippen molar-refractivity contribution < 1.29 is 0 Å². The maximum atomic E-state index is 3.46. The molecule has 0 unspecified atom stereocenters. The molecule has 0 atom stereocenters. The van der Waals surface area contributed by atoms with Gasteiger partial charge < -0.3 is 5.32 Å². The van der Waals surface area contributed by atoms with E-state index in [2.05, 4.69) is 44.3 Å². The minimum absolute atomic E-state index is 0.646. The van der Waals surface area contributed by atoms with Crippen LogP contribution < -0.4 is 5.32 Å². The van der Waals surface area contributed by atoms with E-state index in [4.69, 9.17) is 0 Å². The van der Waals surface area contributed by atoms with Crippen LogP contribution in [0.15, 0.2) is 18.2 Å².